The van der Waals surface area contributed by atoms with Crippen LogP contribution in [0.3, 0.4) is 0 Å². The number of aromatic nitrogens is 2. The van der Waals surface area contributed by atoms with Gasteiger partial charge in [0, 0.05) is 12.3 Å². The Kier molecular flexibility index (Phi) is 7.62. The molecule has 0 unspecified atom stereocenters. The topological polar surface area (TPSA) is 134 Å². The van der Waals surface area contributed by atoms with Gasteiger partial charge in [0.1, 0.15) is 19.0 Å². The summed E-state index contributed by atoms with van der Waals surface area (Å²) in [5, 5.41) is 17.3. The summed E-state index contributed by atoms with van der Waals surface area (Å²) in [6.07, 6.45) is 0.992. The van der Waals surface area contributed by atoms with Gasteiger partial charge in [0.05, 0.1) is 18.8 Å². The molecule has 0 radical (unpaired) electrons. The predicted molar refractivity (Wildman–Crippen MR) is 119 cm³/mol. The van der Waals surface area contributed by atoms with Crippen LogP contribution >= 0.6 is 0 Å². The number of rotatable bonds is 8. The third-order valence-electron chi connectivity index (χ3n) is 5.17. The van der Waals surface area contributed by atoms with Crippen molar-refractivity contribution in [1.29, 1.82) is 0 Å². The van der Waals surface area contributed by atoms with Crippen molar-refractivity contribution in [2.24, 2.45) is 11.1 Å². The largest absolute Gasteiger partial charge is 0.474 e. The van der Waals surface area contributed by atoms with E-state index in [1.165, 1.54) is 6.33 Å². The van der Waals surface area contributed by atoms with Gasteiger partial charge in [0.25, 0.3) is 0 Å². The highest BCUT2D eigenvalue weighted by molar-refractivity contribution is 7.84. The molecule has 1 aromatic heterocycles. The zero-order chi connectivity index (χ0) is 21.8. The second-order valence-corrected chi connectivity index (χ2v) is 8.70. The summed E-state index contributed by atoms with van der Waals surface area (Å²) in [5.41, 5.74) is 1.01. The molecular weight excluding hydrogens is 434 g/mol. The van der Waals surface area contributed by atoms with E-state index >= 15 is 0 Å². The van der Waals surface area contributed by atoms with Gasteiger partial charge in [0.15, 0.2) is 0 Å². The van der Waals surface area contributed by atoms with Crippen LogP contribution < -0.4 is 14.6 Å². The van der Waals surface area contributed by atoms with Crippen molar-refractivity contribution >= 4 is 21.1 Å². The number of nitrogens with zero attached hydrogens (tertiary/aromatic N) is 2. The van der Waals surface area contributed by atoms with Gasteiger partial charge in [-0.05, 0) is 28.8 Å². The van der Waals surface area contributed by atoms with Gasteiger partial charge in [-0.3, -0.25) is 4.18 Å². The van der Waals surface area contributed by atoms with Crippen LogP contribution in [-0.2, 0) is 21.1 Å². The Labute approximate surface area is 187 Å². The molecule has 1 fully saturated rings. The maximum absolute atomic E-state index is 10.9. The summed E-state index contributed by atoms with van der Waals surface area (Å²) in [4.78, 5) is 8.21. The quantitative estimate of drug-likeness (QED) is 0.523. The number of hydrogen-bond acceptors (Lipinski definition) is 8. The number of aliphatic hydroxyl groups is 1. The molecule has 10 heteroatoms. The lowest BCUT2D eigenvalue weighted by molar-refractivity contribution is 0.0986. The molecule has 3 N–H and O–H groups in total. The fourth-order valence-corrected chi connectivity index (χ4v) is 4.00. The van der Waals surface area contributed by atoms with Crippen LogP contribution in [-0.4, -0.2) is 42.3 Å². The molecule has 0 bridgehead atoms. The minimum atomic E-state index is -4.05. The first-order valence-corrected chi connectivity index (χ1v) is 11.3. The minimum absolute atomic E-state index is 0. The average molecular weight is 462 g/mol. The number of nitrogens with two attached hydrogens (primary N) is 1. The molecule has 0 spiro atoms. The third kappa shape index (κ3) is 6.36. The highest BCUT2D eigenvalue weighted by Crippen LogP contribution is 2.30. The molecule has 0 saturated heterocycles. The summed E-state index contributed by atoms with van der Waals surface area (Å²) in [5.74, 6) is 0.285. The molecule has 1 saturated carbocycles. The van der Waals surface area contributed by atoms with Gasteiger partial charge in [-0.15, -0.1) is 0 Å². The third-order valence-corrected chi connectivity index (χ3v) is 5.63. The first-order chi connectivity index (χ1) is 14.9. The van der Waals surface area contributed by atoms with E-state index in [0.717, 1.165) is 16.3 Å². The van der Waals surface area contributed by atoms with Crippen LogP contribution in [0, 0.1) is 5.92 Å². The Morgan fingerprint density at radius 3 is 2.56 bits per heavy atom. The van der Waals surface area contributed by atoms with Gasteiger partial charge >= 0.3 is 10.3 Å². The molecular formula is C22H27N3O6S. The SMILES string of the molecule is C.NS(=O)(=O)OC[C@@H]1C[C@@H](Oc2cc(OCc3ccc4ccccc4c3)ncn2)C[C@@H]1O. The highest BCUT2D eigenvalue weighted by atomic mass is 32.2. The summed E-state index contributed by atoms with van der Waals surface area (Å²) in [7, 11) is -4.05. The molecule has 1 aliphatic rings. The van der Waals surface area contributed by atoms with E-state index in [2.05, 4.69) is 26.3 Å². The number of hydrogen-bond donors (Lipinski definition) is 2. The van der Waals surface area contributed by atoms with Crippen molar-refractivity contribution in [3.05, 3.63) is 60.4 Å². The number of aliphatic hydroxyl groups excluding tert-OH is 1. The van der Waals surface area contributed by atoms with Gasteiger partial charge in [-0.25, -0.2) is 15.1 Å². The molecule has 1 heterocycles. The van der Waals surface area contributed by atoms with Crippen LogP contribution in [0.2, 0.25) is 0 Å². The van der Waals surface area contributed by atoms with Crippen LogP contribution in [0.25, 0.3) is 10.8 Å². The van der Waals surface area contributed by atoms with Crippen molar-refractivity contribution in [1.82, 2.24) is 9.97 Å². The van der Waals surface area contributed by atoms with E-state index in [9.17, 15) is 13.5 Å². The molecule has 0 aliphatic heterocycles. The van der Waals surface area contributed by atoms with E-state index in [-0.39, 0.29) is 20.1 Å². The lowest BCUT2D eigenvalue weighted by Gasteiger charge is -2.13. The Hall–Kier alpha value is -2.79. The normalized spacial score (nSPS) is 20.6. The van der Waals surface area contributed by atoms with Gasteiger partial charge in [0.2, 0.25) is 11.8 Å². The molecule has 32 heavy (non-hydrogen) atoms. The maximum atomic E-state index is 10.9. The van der Waals surface area contributed by atoms with Crippen LogP contribution in [0.15, 0.2) is 54.9 Å². The Morgan fingerprint density at radius 2 is 1.78 bits per heavy atom. The van der Waals surface area contributed by atoms with E-state index < -0.39 is 22.3 Å². The highest BCUT2D eigenvalue weighted by Gasteiger charge is 2.35. The zero-order valence-electron chi connectivity index (χ0n) is 16.6. The van der Waals surface area contributed by atoms with Crippen molar-refractivity contribution in [3.8, 4) is 11.8 Å². The van der Waals surface area contributed by atoms with Crippen molar-refractivity contribution in [3.63, 3.8) is 0 Å². The minimum Gasteiger partial charge on any atom is -0.474 e. The maximum Gasteiger partial charge on any atom is 0.333 e. The average Bonchev–Trinajstić information content (AvgIpc) is 3.09. The zero-order valence-corrected chi connectivity index (χ0v) is 17.4. The van der Waals surface area contributed by atoms with E-state index in [4.69, 9.17) is 14.6 Å². The first-order valence-electron chi connectivity index (χ1n) is 9.80. The van der Waals surface area contributed by atoms with E-state index in [1.54, 1.807) is 6.07 Å². The van der Waals surface area contributed by atoms with E-state index in [0.29, 0.717) is 31.2 Å². The monoisotopic (exact) mass is 461 g/mol. The van der Waals surface area contributed by atoms with E-state index in [1.807, 2.05) is 30.3 Å². The number of ether oxygens (including phenoxy) is 2. The van der Waals surface area contributed by atoms with Gasteiger partial charge in [-0.2, -0.15) is 8.42 Å². The molecule has 3 atom stereocenters. The standard InChI is InChI=1S/C21H23N3O6S.CH4/c22-31(26,27)29-12-17-8-18(9-19(17)25)30-21-10-20(23-13-24-21)28-11-14-5-6-15-3-1-2-4-16(15)7-14;/h1-7,10,13,17-19,25H,8-9,11-12H2,(H2,22,26,27);1H4/t17-,18+,19-;/m0./s1. The Bertz CT molecular complexity index is 1160. The number of fused-ring (bicyclic) bond motifs is 1. The van der Waals surface area contributed by atoms with Crippen molar-refractivity contribution < 1.29 is 27.2 Å². The van der Waals surface area contributed by atoms with Crippen LogP contribution in [0.4, 0.5) is 0 Å². The Morgan fingerprint density at radius 1 is 1.03 bits per heavy atom. The Balaban J connectivity index is 0.00000289. The summed E-state index contributed by atoms with van der Waals surface area (Å²) in [6, 6.07) is 15.8. The second kappa shape index (κ2) is 10.2. The lowest BCUT2D eigenvalue weighted by atomic mass is 10.1. The first kappa shape index (κ1) is 23.9. The fraction of sp³-hybridized carbons (Fsp3) is 0.364. The number of benzene rings is 2. The lowest BCUT2D eigenvalue weighted by Crippen LogP contribution is -2.24. The molecule has 3 aromatic rings. The van der Waals surface area contributed by atoms with Gasteiger partial charge in [-0.1, -0.05) is 43.8 Å². The summed E-state index contributed by atoms with van der Waals surface area (Å²) < 4.78 is 38.1. The molecule has 4 rings (SSSR count). The molecule has 9 nitrogen and oxygen atoms in total. The summed E-state index contributed by atoms with van der Waals surface area (Å²) in [6.45, 7) is 0.153. The fourth-order valence-electron chi connectivity index (χ4n) is 3.63. The van der Waals surface area contributed by atoms with Crippen molar-refractivity contribution in [2.45, 2.75) is 39.1 Å². The predicted octanol–water partition coefficient (Wildman–Crippen LogP) is 2.58. The summed E-state index contributed by atoms with van der Waals surface area (Å²) >= 11 is 0. The second-order valence-electron chi connectivity index (χ2n) is 7.48. The van der Waals surface area contributed by atoms with Gasteiger partial charge < -0.3 is 14.6 Å². The van der Waals surface area contributed by atoms with Crippen LogP contribution in [0.1, 0.15) is 25.8 Å². The molecule has 172 valence electrons. The molecule has 1 aliphatic carbocycles. The van der Waals surface area contributed by atoms with Crippen LogP contribution in [0.5, 0.6) is 11.8 Å². The van der Waals surface area contributed by atoms with Crippen molar-refractivity contribution in [2.75, 3.05) is 6.61 Å². The smallest absolute Gasteiger partial charge is 0.333 e. The molecule has 0 amide bonds. The molecule has 2 aromatic carbocycles.